The Morgan fingerprint density at radius 3 is 1.88 bits per heavy atom. The van der Waals surface area contributed by atoms with Crippen LogP contribution in [0, 0.1) is 0 Å². The Kier molecular flexibility index (Phi) is 23.0. The Balaban J connectivity index is 0. The molecule has 0 bridgehead atoms. The molecule has 0 unspecified atom stereocenters. The van der Waals surface area contributed by atoms with Crippen LogP contribution in [0.1, 0.15) is 90.4 Å². The monoisotopic (exact) mass is 382 g/mol. The first-order chi connectivity index (χ1) is 11.6. The van der Waals surface area contributed by atoms with Gasteiger partial charge in [-0.2, -0.15) is 11.8 Å². The van der Waals surface area contributed by atoms with Gasteiger partial charge in [-0.3, -0.25) is 4.79 Å². The van der Waals surface area contributed by atoms with Gasteiger partial charge in [0.2, 0.25) is 0 Å². The normalized spacial score (nSPS) is 11.6. The van der Waals surface area contributed by atoms with E-state index in [1.165, 1.54) is 51.4 Å². The van der Waals surface area contributed by atoms with Crippen molar-refractivity contribution in [2.75, 3.05) is 12.0 Å². The van der Waals surface area contributed by atoms with Crippen molar-refractivity contribution >= 4 is 53.3 Å². The van der Waals surface area contributed by atoms with E-state index in [4.69, 9.17) is 10.5 Å². The first-order valence-corrected chi connectivity index (χ1v) is 11.0. The van der Waals surface area contributed by atoms with Crippen molar-refractivity contribution in [1.29, 1.82) is 0 Å². The van der Waals surface area contributed by atoms with Crippen LogP contribution in [0.15, 0.2) is 0 Å². The average molecular weight is 383 g/mol. The summed E-state index contributed by atoms with van der Waals surface area (Å²) in [6.07, 6.45) is 16.4. The minimum absolute atomic E-state index is 0. The smallest absolute Gasteiger partial charge is 0.330 e. The van der Waals surface area contributed by atoms with E-state index < -0.39 is 18.0 Å². The van der Waals surface area contributed by atoms with Crippen molar-refractivity contribution in [3.8, 4) is 0 Å². The fraction of sp³-hybridized carbons (Fsp3) is 0.895. The van der Waals surface area contributed by atoms with Gasteiger partial charge in [-0.25, -0.2) is 4.79 Å². The molecule has 0 aromatic heterocycles. The molecule has 0 aromatic rings. The molecule has 0 aliphatic heterocycles. The third kappa shape index (κ3) is 19.0. The summed E-state index contributed by atoms with van der Waals surface area (Å²) in [4.78, 5) is 23.2. The Bertz CT molecular complexity index is 330. The second-order valence-electron chi connectivity index (χ2n) is 6.47. The minimum atomic E-state index is -0.682. The molecule has 0 saturated carbocycles. The third-order valence-electron chi connectivity index (χ3n) is 4.13. The SMILES string of the molecule is CCCCCCCCCCCCCC(=O)OC(=O)[C@@H](N)CCSC.[Na]. The van der Waals surface area contributed by atoms with E-state index in [2.05, 4.69) is 6.92 Å². The van der Waals surface area contributed by atoms with Crippen LogP contribution in [-0.2, 0) is 14.3 Å². The maximum atomic E-state index is 11.6. The molecule has 0 fully saturated rings. The maximum Gasteiger partial charge on any atom is 0.330 e. The van der Waals surface area contributed by atoms with Gasteiger partial charge in [0.1, 0.15) is 6.04 Å². The molecule has 0 aliphatic rings. The fourth-order valence-electron chi connectivity index (χ4n) is 2.54. The van der Waals surface area contributed by atoms with Crippen LogP contribution in [-0.4, -0.2) is 59.5 Å². The van der Waals surface area contributed by atoms with Gasteiger partial charge in [0.15, 0.2) is 0 Å². The molecular weight excluding hydrogens is 345 g/mol. The molecule has 1 atom stereocenters. The van der Waals surface area contributed by atoms with Crippen LogP contribution in [0.25, 0.3) is 0 Å². The number of thioether (sulfide) groups is 1. The van der Waals surface area contributed by atoms with Gasteiger partial charge in [0, 0.05) is 36.0 Å². The predicted octanol–water partition coefficient (Wildman–Crippen LogP) is 4.46. The second kappa shape index (κ2) is 20.8. The summed E-state index contributed by atoms with van der Waals surface area (Å²) in [5, 5.41) is 0. The summed E-state index contributed by atoms with van der Waals surface area (Å²) >= 11 is 1.62. The number of hydrogen-bond acceptors (Lipinski definition) is 5. The molecule has 0 saturated heterocycles. The maximum absolute atomic E-state index is 11.6. The molecule has 25 heavy (non-hydrogen) atoms. The summed E-state index contributed by atoms with van der Waals surface area (Å²) in [5.41, 5.74) is 5.67. The zero-order valence-electron chi connectivity index (χ0n) is 16.7. The van der Waals surface area contributed by atoms with Gasteiger partial charge in [0.25, 0.3) is 0 Å². The van der Waals surface area contributed by atoms with Gasteiger partial charge in [-0.05, 0) is 24.9 Å². The molecule has 6 heteroatoms. The quantitative estimate of drug-likeness (QED) is 0.185. The molecule has 2 N–H and O–H groups in total. The number of ether oxygens (including phenoxy) is 1. The number of nitrogens with two attached hydrogens (primary N) is 1. The topological polar surface area (TPSA) is 69.4 Å². The van der Waals surface area contributed by atoms with Crippen LogP contribution in [0.4, 0.5) is 0 Å². The summed E-state index contributed by atoms with van der Waals surface area (Å²) < 4.78 is 4.79. The van der Waals surface area contributed by atoms with E-state index in [0.29, 0.717) is 12.8 Å². The van der Waals surface area contributed by atoms with E-state index >= 15 is 0 Å². The van der Waals surface area contributed by atoms with Crippen LogP contribution >= 0.6 is 11.8 Å². The average Bonchev–Trinajstić information content (AvgIpc) is 2.57. The molecule has 143 valence electrons. The molecule has 4 nitrogen and oxygen atoms in total. The van der Waals surface area contributed by atoms with E-state index in [-0.39, 0.29) is 29.6 Å². The van der Waals surface area contributed by atoms with E-state index in [9.17, 15) is 9.59 Å². The van der Waals surface area contributed by atoms with Crippen molar-refractivity contribution < 1.29 is 14.3 Å². The number of carbonyl (C=O) groups excluding carboxylic acids is 2. The number of unbranched alkanes of at least 4 members (excludes halogenated alkanes) is 10. The van der Waals surface area contributed by atoms with Gasteiger partial charge in [-0.15, -0.1) is 0 Å². The van der Waals surface area contributed by atoms with Gasteiger partial charge >= 0.3 is 11.9 Å². The summed E-state index contributed by atoms with van der Waals surface area (Å²) in [5.74, 6) is -0.226. The minimum Gasteiger partial charge on any atom is -0.392 e. The van der Waals surface area contributed by atoms with Crippen molar-refractivity contribution in [1.82, 2.24) is 0 Å². The van der Waals surface area contributed by atoms with Crippen molar-refractivity contribution in [2.24, 2.45) is 5.73 Å². The fourth-order valence-corrected chi connectivity index (χ4v) is 3.02. The van der Waals surface area contributed by atoms with E-state index in [1.807, 2.05) is 6.26 Å². The summed E-state index contributed by atoms with van der Waals surface area (Å²) in [7, 11) is 0. The number of rotatable bonds is 16. The number of esters is 2. The third-order valence-corrected chi connectivity index (χ3v) is 4.78. The Morgan fingerprint density at radius 1 is 0.920 bits per heavy atom. The number of hydrogen-bond donors (Lipinski definition) is 1. The van der Waals surface area contributed by atoms with Gasteiger partial charge < -0.3 is 10.5 Å². The first-order valence-electron chi connectivity index (χ1n) is 9.60. The van der Waals surface area contributed by atoms with Crippen LogP contribution in [0.5, 0.6) is 0 Å². The van der Waals surface area contributed by atoms with Crippen molar-refractivity contribution in [2.45, 2.75) is 96.4 Å². The molecule has 0 heterocycles. The summed E-state index contributed by atoms with van der Waals surface area (Å²) in [6.45, 7) is 2.24. The molecule has 0 spiro atoms. The second-order valence-corrected chi connectivity index (χ2v) is 7.45. The molecule has 0 amide bonds. The van der Waals surface area contributed by atoms with Crippen LogP contribution in [0.2, 0.25) is 0 Å². The zero-order chi connectivity index (χ0) is 18.0. The predicted molar refractivity (Wildman–Crippen MR) is 109 cm³/mol. The molecule has 1 radical (unpaired) electrons. The van der Waals surface area contributed by atoms with Crippen molar-refractivity contribution in [3.05, 3.63) is 0 Å². The first kappa shape index (κ1) is 27.7. The molecule has 0 aromatic carbocycles. The molecule has 0 rings (SSSR count). The van der Waals surface area contributed by atoms with E-state index in [0.717, 1.165) is 25.0 Å². The van der Waals surface area contributed by atoms with Crippen molar-refractivity contribution in [3.63, 3.8) is 0 Å². The Hall–Kier alpha value is 0.450. The molecule has 0 aliphatic carbocycles. The van der Waals surface area contributed by atoms with Crippen LogP contribution in [0.3, 0.4) is 0 Å². The Morgan fingerprint density at radius 2 is 1.40 bits per heavy atom. The Labute approximate surface area is 181 Å². The standard InChI is InChI=1S/C19H37NO3S.Na/c1-3-4-5-6-7-8-9-10-11-12-13-14-18(21)23-19(22)17(20)15-16-24-2;/h17H,3-16,20H2,1-2H3;/t17-;/m0./s1. The molecular formula is C19H37NNaO3S. The summed E-state index contributed by atoms with van der Waals surface area (Å²) in [6, 6.07) is -0.682. The van der Waals surface area contributed by atoms with Gasteiger partial charge in [-0.1, -0.05) is 71.1 Å². The van der Waals surface area contributed by atoms with Gasteiger partial charge in [0.05, 0.1) is 0 Å². The number of carbonyl (C=O) groups is 2. The van der Waals surface area contributed by atoms with E-state index in [1.54, 1.807) is 11.8 Å². The zero-order valence-corrected chi connectivity index (χ0v) is 19.5. The van der Waals surface area contributed by atoms with Crippen LogP contribution < -0.4 is 5.73 Å². The largest absolute Gasteiger partial charge is 0.392 e.